The number of carbonyl (C=O) groups excluding carboxylic acids is 1. The molecule has 0 saturated carbocycles. The van der Waals surface area contributed by atoms with Gasteiger partial charge in [-0.05, 0) is 18.2 Å². The van der Waals surface area contributed by atoms with Crippen LogP contribution in [0.15, 0.2) is 36.8 Å². The van der Waals surface area contributed by atoms with Gasteiger partial charge in [0.25, 0.3) is 0 Å². The number of methoxy groups -OCH3 is 1. The lowest BCUT2D eigenvalue weighted by Crippen LogP contribution is -2.00. The summed E-state index contributed by atoms with van der Waals surface area (Å²) in [4.78, 5) is 19.8. The van der Waals surface area contributed by atoms with Crippen molar-refractivity contribution in [2.75, 3.05) is 7.11 Å². The van der Waals surface area contributed by atoms with Crippen LogP contribution in [0.3, 0.4) is 0 Å². The fraction of sp³-hybridized carbons (Fsp3) is 0.0833. The van der Waals surface area contributed by atoms with Gasteiger partial charge in [0.15, 0.2) is 5.65 Å². The molecule has 84 valence electrons. The number of aromatic nitrogens is 3. The molecule has 5 nitrogen and oxygen atoms in total. The standard InChI is InChI=1S/C12H9N3O2/c1-17-12(16)8-2-3-10-9(6-8)14-11-7-13-4-5-15(10)11/h2-7H,1H3. The normalized spacial score (nSPS) is 10.9. The van der Waals surface area contributed by atoms with Crippen molar-refractivity contribution in [3.8, 4) is 0 Å². The first-order valence-electron chi connectivity index (χ1n) is 5.10. The van der Waals surface area contributed by atoms with Gasteiger partial charge in [0.1, 0.15) is 0 Å². The van der Waals surface area contributed by atoms with Gasteiger partial charge in [0, 0.05) is 12.4 Å². The number of esters is 1. The van der Waals surface area contributed by atoms with E-state index < -0.39 is 0 Å². The average Bonchev–Trinajstić information content (AvgIpc) is 2.75. The molecule has 0 unspecified atom stereocenters. The summed E-state index contributed by atoms with van der Waals surface area (Å²) in [5.74, 6) is -0.359. The molecule has 0 spiro atoms. The van der Waals surface area contributed by atoms with Gasteiger partial charge in [-0.1, -0.05) is 0 Å². The van der Waals surface area contributed by atoms with Gasteiger partial charge in [0.05, 0.1) is 29.9 Å². The van der Waals surface area contributed by atoms with Gasteiger partial charge in [0.2, 0.25) is 0 Å². The largest absolute Gasteiger partial charge is 0.465 e. The summed E-state index contributed by atoms with van der Waals surface area (Å²) in [5.41, 5.74) is 2.94. The molecule has 0 N–H and O–H groups in total. The Bertz CT molecular complexity index is 718. The zero-order valence-corrected chi connectivity index (χ0v) is 9.12. The molecular formula is C12H9N3O2. The molecule has 0 aliphatic carbocycles. The minimum atomic E-state index is -0.359. The number of imidazole rings is 1. The van der Waals surface area contributed by atoms with E-state index in [-0.39, 0.29) is 5.97 Å². The second-order valence-corrected chi connectivity index (χ2v) is 3.61. The molecule has 5 heteroatoms. The smallest absolute Gasteiger partial charge is 0.337 e. The molecule has 2 heterocycles. The number of ether oxygens (including phenoxy) is 1. The molecule has 0 fully saturated rings. The third-order valence-corrected chi connectivity index (χ3v) is 2.63. The summed E-state index contributed by atoms with van der Waals surface area (Å²) in [7, 11) is 1.36. The summed E-state index contributed by atoms with van der Waals surface area (Å²) in [5, 5.41) is 0. The van der Waals surface area contributed by atoms with Crippen molar-refractivity contribution in [2.24, 2.45) is 0 Å². The molecule has 0 aliphatic rings. The molecular weight excluding hydrogens is 218 g/mol. The molecule has 3 aromatic rings. The molecule has 0 saturated heterocycles. The lowest BCUT2D eigenvalue weighted by Gasteiger charge is -1.98. The molecule has 3 rings (SSSR count). The Kier molecular flexibility index (Phi) is 2.04. The van der Waals surface area contributed by atoms with Crippen molar-refractivity contribution in [3.63, 3.8) is 0 Å². The highest BCUT2D eigenvalue weighted by Gasteiger charge is 2.09. The predicted octanol–water partition coefficient (Wildman–Crippen LogP) is 1.67. The van der Waals surface area contributed by atoms with Crippen LogP contribution in [-0.4, -0.2) is 27.4 Å². The molecule has 1 aromatic carbocycles. The summed E-state index contributed by atoms with van der Waals surface area (Å²) in [6.07, 6.45) is 5.21. The Labute approximate surface area is 96.7 Å². The van der Waals surface area contributed by atoms with E-state index in [0.29, 0.717) is 5.56 Å². The molecule has 0 atom stereocenters. The van der Waals surface area contributed by atoms with E-state index in [9.17, 15) is 4.79 Å². The Balaban J connectivity index is 2.30. The highest BCUT2D eigenvalue weighted by molar-refractivity contribution is 5.94. The maximum atomic E-state index is 11.4. The quantitative estimate of drug-likeness (QED) is 0.593. The van der Waals surface area contributed by atoms with Crippen molar-refractivity contribution in [1.29, 1.82) is 0 Å². The van der Waals surface area contributed by atoms with E-state index in [2.05, 4.69) is 14.7 Å². The maximum Gasteiger partial charge on any atom is 0.337 e. The fourth-order valence-corrected chi connectivity index (χ4v) is 1.82. The first-order valence-corrected chi connectivity index (χ1v) is 5.10. The van der Waals surface area contributed by atoms with Crippen molar-refractivity contribution in [2.45, 2.75) is 0 Å². The summed E-state index contributed by atoms with van der Waals surface area (Å²) >= 11 is 0. The first kappa shape index (κ1) is 9.77. The molecule has 2 aromatic heterocycles. The van der Waals surface area contributed by atoms with Gasteiger partial charge in [-0.15, -0.1) is 0 Å². The minimum Gasteiger partial charge on any atom is -0.465 e. The van der Waals surface area contributed by atoms with Crippen LogP contribution in [0.25, 0.3) is 16.7 Å². The van der Waals surface area contributed by atoms with E-state index in [0.717, 1.165) is 16.7 Å². The molecule has 17 heavy (non-hydrogen) atoms. The first-order chi connectivity index (χ1) is 8.29. The van der Waals surface area contributed by atoms with Crippen LogP contribution < -0.4 is 0 Å². The Morgan fingerprint density at radius 2 is 2.29 bits per heavy atom. The number of hydrogen-bond donors (Lipinski definition) is 0. The number of fused-ring (bicyclic) bond motifs is 3. The maximum absolute atomic E-state index is 11.4. The summed E-state index contributed by atoms with van der Waals surface area (Å²) < 4.78 is 6.59. The van der Waals surface area contributed by atoms with E-state index in [4.69, 9.17) is 0 Å². The van der Waals surface area contributed by atoms with Crippen LogP contribution in [-0.2, 0) is 4.74 Å². The van der Waals surface area contributed by atoms with Crippen LogP contribution in [0.1, 0.15) is 10.4 Å². The number of benzene rings is 1. The lowest BCUT2D eigenvalue weighted by atomic mass is 10.2. The van der Waals surface area contributed by atoms with Crippen molar-refractivity contribution >= 4 is 22.6 Å². The Morgan fingerprint density at radius 3 is 3.12 bits per heavy atom. The van der Waals surface area contributed by atoms with E-state index in [1.807, 2.05) is 16.7 Å². The minimum absolute atomic E-state index is 0.359. The Hall–Kier alpha value is -2.43. The van der Waals surface area contributed by atoms with Gasteiger partial charge in [-0.25, -0.2) is 9.78 Å². The van der Waals surface area contributed by atoms with Gasteiger partial charge >= 0.3 is 5.97 Å². The van der Waals surface area contributed by atoms with Gasteiger partial charge in [-0.3, -0.25) is 9.38 Å². The van der Waals surface area contributed by atoms with Crippen LogP contribution in [0.5, 0.6) is 0 Å². The van der Waals surface area contributed by atoms with Crippen molar-refractivity contribution < 1.29 is 9.53 Å². The third kappa shape index (κ3) is 1.44. The van der Waals surface area contributed by atoms with Crippen LogP contribution in [0.2, 0.25) is 0 Å². The SMILES string of the molecule is COC(=O)c1ccc2c(c1)nc1cnccn12. The van der Waals surface area contributed by atoms with E-state index >= 15 is 0 Å². The third-order valence-electron chi connectivity index (χ3n) is 2.63. The highest BCUT2D eigenvalue weighted by Crippen LogP contribution is 2.17. The molecule has 0 amide bonds. The van der Waals surface area contributed by atoms with E-state index in [1.54, 1.807) is 24.5 Å². The molecule has 0 bridgehead atoms. The zero-order valence-electron chi connectivity index (χ0n) is 9.12. The van der Waals surface area contributed by atoms with Crippen molar-refractivity contribution in [3.05, 3.63) is 42.4 Å². The second-order valence-electron chi connectivity index (χ2n) is 3.61. The lowest BCUT2D eigenvalue weighted by molar-refractivity contribution is 0.0601. The van der Waals surface area contributed by atoms with Gasteiger partial charge in [-0.2, -0.15) is 0 Å². The average molecular weight is 227 g/mol. The number of hydrogen-bond acceptors (Lipinski definition) is 4. The predicted molar refractivity (Wildman–Crippen MR) is 61.8 cm³/mol. The topological polar surface area (TPSA) is 56.5 Å². The van der Waals surface area contributed by atoms with Crippen LogP contribution in [0, 0.1) is 0 Å². The van der Waals surface area contributed by atoms with Crippen LogP contribution >= 0.6 is 0 Å². The monoisotopic (exact) mass is 227 g/mol. The fourth-order valence-electron chi connectivity index (χ4n) is 1.82. The van der Waals surface area contributed by atoms with Gasteiger partial charge < -0.3 is 4.74 Å². The van der Waals surface area contributed by atoms with Crippen LogP contribution in [0.4, 0.5) is 0 Å². The number of carbonyl (C=O) groups is 1. The number of rotatable bonds is 1. The zero-order chi connectivity index (χ0) is 11.8. The molecule has 0 aliphatic heterocycles. The second kappa shape index (κ2) is 3.55. The van der Waals surface area contributed by atoms with Crippen molar-refractivity contribution in [1.82, 2.24) is 14.4 Å². The number of nitrogens with zero attached hydrogens (tertiary/aromatic N) is 3. The summed E-state index contributed by atoms with van der Waals surface area (Å²) in [6.45, 7) is 0. The molecule has 0 radical (unpaired) electrons. The van der Waals surface area contributed by atoms with E-state index in [1.165, 1.54) is 7.11 Å². The Morgan fingerprint density at radius 1 is 1.41 bits per heavy atom. The highest BCUT2D eigenvalue weighted by atomic mass is 16.5. The summed E-state index contributed by atoms with van der Waals surface area (Å²) in [6, 6.07) is 5.29.